The molecule has 3 heteroatoms. The fraction of sp³-hybridized carbons (Fsp3) is 1.00. The van der Waals surface area contributed by atoms with Crippen molar-refractivity contribution in [2.24, 2.45) is 17.7 Å². The molecule has 1 unspecified atom stereocenters. The van der Waals surface area contributed by atoms with Gasteiger partial charge in [-0.05, 0) is 64.5 Å². The van der Waals surface area contributed by atoms with Crippen LogP contribution in [0.25, 0.3) is 0 Å². The van der Waals surface area contributed by atoms with Crippen LogP contribution in [0.15, 0.2) is 0 Å². The first-order valence-corrected chi connectivity index (χ1v) is 7.73. The molecule has 2 fully saturated rings. The summed E-state index contributed by atoms with van der Waals surface area (Å²) >= 11 is 0. The van der Waals surface area contributed by atoms with Crippen LogP contribution in [0.1, 0.15) is 58.3 Å². The first kappa shape index (κ1) is 14.3. The van der Waals surface area contributed by atoms with Gasteiger partial charge in [-0.1, -0.05) is 19.8 Å². The van der Waals surface area contributed by atoms with Crippen LogP contribution in [0, 0.1) is 11.8 Å². The van der Waals surface area contributed by atoms with Gasteiger partial charge in [0.1, 0.15) is 0 Å². The van der Waals surface area contributed by atoms with Crippen LogP contribution in [0.2, 0.25) is 0 Å². The Bertz CT molecular complexity index is 250. The SMILES string of the molecule is CC1CCC(C(NN)C2CCCC2)(N(C)C)CC1. The summed E-state index contributed by atoms with van der Waals surface area (Å²) < 4.78 is 0. The summed E-state index contributed by atoms with van der Waals surface area (Å²) in [5, 5.41) is 0. The molecule has 2 rings (SSSR count). The third-order valence-corrected chi connectivity index (χ3v) is 5.66. The number of nitrogens with one attached hydrogen (secondary N) is 1. The highest BCUT2D eigenvalue weighted by Crippen LogP contribution is 2.43. The Morgan fingerprint density at radius 1 is 1.11 bits per heavy atom. The van der Waals surface area contributed by atoms with Crippen molar-refractivity contribution in [2.75, 3.05) is 14.1 Å². The van der Waals surface area contributed by atoms with Gasteiger partial charge in [-0.25, -0.2) is 0 Å². The minimum atomic E-state index is 0.288. The fourth-order valence-electron chi connectivity index (χ4n) is 4.32. The lowest BCUT2D eigenvalue weighted by Gasteiger charge is -2.51. The summed E-state index contributed by atoms with van der Waals surface area (Å²) in [7, 11) is 4.49. The van der Waals surface area contributed by atoms with E-state index in [9.17, 15) is 0 Å². The number of hydrogen-bond donors (Lipinski definition) is 2. The van der Waals surface area contributed by atoms with Crippen LogP contribution in [-0.2, 0) is 0 Å². The van der Waals surface area contributed by atoms with Crippen molar-refractivity contribution in [3.63, 3.8) is 0 Å². The first-order chi connectivity index (χ1) is 8.60. The number of rotatable bonds is 4. The van der Waals surface area contributed by atoms with E-state index in [1.165, 1.54) is 51.4 Å². The van der Waals surface area contributed by atoms with Gasteiger partial charge in [0.2, 0.25) is 0 Å². The van der Waals surface area contributed by atoms with E-state index in [4.69, 9.17) is 5.84 Å². The van der Waals surface area contributed by atoms with E-state index in [1.807, 2.05) is 0 Å². The molecule has 0 spiro atoms. The van der Waals surface area contributed by atoms with Gasteiger partial charge in [-0.3, -0.25) is 11.3 Å². The van der Waals surface area contributed by atoms with Gasteiger partial charge < -0.3 is 4.90 Å². The molecule has 3 N–H and O–H groups in total. The number of hydrogen-bond acceptors (Lipinski definition) is 3. The maximum Gasteiger partial charge on any atom is 0.0422 e. The van der Waals surface area contributed by atoms with Gasteiger partial charge >= 0.3 is 0 Å². The molecule has 0 saturated heterocycles. The number of likely N-dealkylation sites (N-methyl/N-ethyl adjacent to an activating group) is 1. The largest absolute Gasteiger partial charge is 0.302 e. The quantitative estimate of drug-likeness (QED) is 0.597. The predicted octanol–water partition coefficient (Wildman–Crippen LogP) is 2.52. The van der Waals surface area contributed by atoms with Gasteiger partial charge in [0.25, 0.3) is 0 Å². The molecule has 0 heterocycles. The van der Waals surface area contributed by atoms with Gasteiger partial charge in [0, 0.05) is 11.6 Å². The second kappa shape index (κ2) is 5.89. The lowest BCUT2D eigenvalue weighted by atomic mass is 9.68. The summed E-state index contributed by atoms with van der Waals surface area (Å²) in [5.74, 6) is 7.64. The number of nitrogens with zero attached hydrogens (tertiary/aromatic N) is 1. The van der Waals surface area contributed by atoms with Gasteiger partial charge in [0.15, 0.2) is 0 Å². The number of hydrazine groups is 1. The van der Waals surface area contributed by atoms with E-state index in [2.05, 4.69) is 31.3 Å². The Hall–Kier alpha value is -0.120. The van der Waals surface area contributed by atoms with Crippen LogP contribution in [0.3, 0.4) is 0 Å². The average molecular weight is 253 g/mol. The molecular formula is C15H31N3. The van der Waals surface area contributed by atoms with Crippen molar-refractivity contribution < 1.29 is 0 Å². The van der Waals surface area contributed by atoms with Crippen LogP contribution < -0.4 is 11.3 Å². The molecule has 106 valence electrons. The Morgan fingerprint density at radius 3 is 2.11 bits per heavy atom. The molecule has 0 radical (unpaired) electrons. The summed E-state index contributed by atoms with van der Waals surface area (Å²) in [6.45, 7) is 2.39. The average Bonchev–Trinajstić information content (AvgIpc) is 2.86. The molecule has 2 saturated carbocycles. The normalized spacial score (nSPS) is 36.2. The van der Waals surface area contributed by atoms with Crippen LogP contribution >= 0.6 is 0 Å². The highest BCUT2D eigenvalue weighted by molar-refractivity contribution is 5.04. The molecule has 0 amide bonds. The van der Waals surface area contributed by atoms with E-state index < -0.39 is 0 Å². The van der Waals surface area contributed by atoms with Crippen LogP contribution in [-0.4, -0.2) is 30.6 Å². The summed E-state index contributed by atoms with van der Waals surface area (Å²) in [5.41, 5.74) is 3.50. The van der Waals surface area contributed by atoms with Crippen LogP contribution in [0.4, 0.5) is 0 Å². The summed E-state index contributed by atoms with van der Waals surface area (Å²) in [6.07, 6.45) is 10.8. The second-order valence-corrected chi connectivity index (χ2v) is 6.87. The standard InChI is InChI=1S/C15H31N3/c1-12-8-10-15(11-9-12,18(2)3)14(17-16)13-6-4-5-7-13/h12-14,17H,4-11,16H2,1-3H3. The molecule has 1 atom stereocenters. The molecule has 0 aliphatic heterocycles. The fourth-order valence-corrected chi connectivity index (χ4v) is 4.32. The van der Waals surface area contributed by atoms with Crippen molar-refractivity contribution in [3.8, 4) is 0 Å². The highest BCUT2D eigenvalue weighted by Gasteiger charge is 2.46. The molecular weight excluding hydrogens is 222 g/mol. The van der Waals surface area contributed by atoms with Crippen molar-refractivity contribution in [1.82, 2.24) is 10.3 Å². The Kier molecular flexibility index (Phi) is 4.68. The molecule has 0 aromatic carbocycles. The molecule has 0 aromatic heterocycles. The zero-order valence-corrected chi connectivity index (χ0v) is 12.4. The summed E-state index contributed by atoms with van der Waals surface area (Å²) in [4.78, 5) is 2.46. The topological polar surface area (TPSA) is 41.3 Å². The van der Waals surface area contributed by atoms with Gasteiger partial charge in [0.05, 0.1) is 0 Å². The molecule has 0 bridgehead atoms. The van der Waals surface area contributed by atoms with Crippen molar-refractivity contribution in [3.05, 3.63) is 0 Å². The van der Waals surface area contributed by atoms with Crippen molar-refractivity contribution >= 4 is 0 Å². The molecule has 2 aliphatic rings. The highest BCUT2D eigenvalue weighted by atomic mass is 15.3. The van der Waals surface area contributed by atoms with E-state index in [0.717, 1.165) is 11.8 Å². The monoisotopic (exact) mass is 253 g/mol. The zero-order chi connectivity index (χ0) is 13.2. The molecule has 2 aliphatic carbocycles. The zero-order valence-electron chi connectivity index (χ0n) is 12.4. The number of nitrogens with two attached hydrogens (primary N) is 1. The molecule has 3 nitrogen and oxygen atoms in total. The van der Waals surface area contributed by atoms with E-state index >= 15 is 0 Å². The van der Waals surface area contributed by atoms with Gasteiger partial charge in [-0.2, -0.15) is 0 Å². The predicted molar refractivity (Wildman–Crippen MR) is 77.1 cm³/mol. The van der Waals surface area contributed by atoms with Crippen LogP contribution in [0.5, 0.6) is 0 Å². The maximum absolute atomic E-state index is 5.96. The lowest BCUT2D eigenvalue weighted by Crippen LogP contribution is -2.64. The van der Waals surface area contributed by atoms with Gasteiger partial charge in [-0.15, -0.1) is 0 Å². The second-order valence-electron chi connectivity index (χ2n) is 6.87. The summed E-state index contributed by atoms with van der Waals surface area (Å²) in [6, 6.07) is 0.475. The Labute approximate surface area is 112 Å². The molecule has 0 aromatic rings. The first-order valence-electron chi connectivity index (χ1n) is 7.73. The maximum atomic E-state index is 5.96. The van der Waals surface area contributed by atoms with E-state index in [0.29, 0.717) is 6.04 Å². The minimum absolute atomic E-state index is 0.288. The Morgan fingerprint density at radius 2 is 1.67 bits per heavy atom. The Balaban J connectivity index is 2.16. The van der Waals surface area contributed by atoms with E-state index in [1.54, 1.807) is 0 Å². The third-order valence-electron chi connectivity index (χ3n) is 5.66. The minimum Gasteiger partial charge on any atom is -0.302 e. The lowest BCUT2D eigenvalue weighted by molar-refractivity contribution is 0.0218. The van der Waals surface area contributed by atoms with Crippen molar-refractivity contribution in [1.29, 1.82) is 0 Å². The molecule has 18 heavy (non-hydrogen) atoms. The van der Waals surface area contributed by atoms with E-state index in [-0.39, 0.29) is 5.54 Å². The smallest absolute Gasteiger partial charge is 0.0422 e. The third kappa shape index (κ3) is 2.59. The van der Waals surface area contributed by atoms with Crippen molar-refractivity contribution in [2.45, 2.75) is 69.9 Å².